The highest BCUT2D eigenvalue weighted by Gasteiger charge is 2.19. The second-order valence-corrected chi connectivity index (χ2v) is 7.24. The molecule has 5 nitrogen and oxygen atoms in total. The minimum atomic E-state index is -3.42. The Morgan fingerprint density at radius 1 is 1.29 bits per heavy atom. The fourth-order valence-electron chi connectivity index (χ4n) is 1.75. The van der Waals surface area contributed by atoms with Crippen LogP contribution in [0.4, 0.5) is 0 Å². The van der Waals surface area contributed by atoms with Gasteiger partial charge in [-0.15, -0.1) is 0 Å². The molecule has 0 unspecified atom stereocenters. The molecule has 0 aliphatic rings. The summed E-state index contributed by atoms with van der Waals surface area (Å²) in [5.41, 5.74) is 0.974. The molecule has 0 saturated carbocycles. The molecule has 7 heteroatoms. The summed E-state index contributed by atoms with van der Waals surface area (Å²) in [6.45, 7) is 2.61. The SMILES string of the molecule is CCCNC(=O)CN(CCc1ccc(Cl)cc1)S(C)(=O)=O. The number of carbonyl (C=O) groups excluding carboxylic acids is 1. The Morgan fingerprint density at radius 2 is 1.90 bits per heavy atom. The lowest BCUT2D eigenvalue weighted by Gasteiger charge is -2.19. The van der Waals surface area contributed by atoms with Crippen LogP contribution < -0.4 is 5.32 Å². The molecule has 1 aromatic carbocycles. The van der Waals surface area contributed by atoms with Gasteiger partial charge in [-0.25, -0.2) is 8.42 Å². The summed E-state index contributed by atoms with van der Waals surface area (Å²) < 4.78 is 24.7. The van der Waals surface area contributed by atoms with Crippen molar-refractivity contribution in [3.8, 4) is 0 Å². The van der Waals surface area contributed by atoms with Crippen LogP contribution in [-0.2, 0) is 21.2 Å². The van der Waals surface area contributed by atoms with Crippen molar-refractivity contribution in [3.63, 3.8) is 0 Å². The van der Waals surface area contributed by atoms with Crippen LogP contribution in [0.15, 0.2) is 24.3 Å². The maximum absolute atomic E-state index is 11.7. The van der Waals surface area contributed by atoms with Gasteiger partial charge in [-0.05, 0) is 30.5 Å². The zero-order valence-electron chi connectivity index (χ0n) is 12.3. The van der Waals surface area contributed by atoms with E-state index in [0.29, 0.717) is 18.0 Å². The van der Waals surface area contributed by atoms with E-state index in [1.54, 1.807) is 12.1 Å². The van der Waals surface area contributed by atoms with E-state index >= 15 is 0 Å². The lowest BCUT2D eigenvalue weighted by atomic mass is 10.1. The smallest absolute Gasteiger partial charge is 0.235 e. The van der Waals surface area contributed by atoms with Crippen molar-refractivity contribution in [1.29, 1.82) is 0 Å². The van der Waals surface area contributed by atoms with Crippen molar-refractivity contribution in [3.05, 3.63) is 34.9 Å². The summed E-state index contributed by atoms with van der Waals surface area (Å²) in [6, 6.07) is 7.21. The van der Waals surface area contributed by atoms with E-state index in [9.17, 15) is 13.2 Å². The Bertz CT molecular complexity index is 558. The maximum atomic E-state index is 11.7. The first kappa shape index (κ1) is 17.9. The fourth-order valence-corrected chi connectivity index (χ4v) is 2.65. The van der Waals surface area contributed by atoms with Gasteiger partial charge < -0.3 is 5.32 Å². The molecule has 0 atom stereocenters. The van der Waals surface area contributed by atoms with Crippen LogP contribution in [-0.4, -0.2) is 44.5 Å². The average Bonchev–Trinajstić information content (AvgIpc) is 2.41. The lowest BCUT2D eigenvalue weighted by molar-refractivity contribution is -0.121. The number of hydrogen-bond donors (Lipinski definition) is 1. The summed E-state index contributed by atoms with van der Waals surface area (Å²) in [7, 11) is -3.42. The van der Waals surface area contributed by atoms with Crippen LogP contribution in [0.25, 0.3) is 0 Å². The van der Waals surface area contributed by atoms with Gasteiger partial charge in [-0.1, -0.05) is 30.7 Å². The molecule has 1 rings (SSSR count). The van der Waals surface area contributed by atoms with Gasteiger partial charge in [0.15, 0.2) is 0 Å². The largest absolute Gasteiger partial charge is 0.355 e. The number of benzene rings is 1. The standard InChI is InChI=1S/C14H21ClN2O3S/c1-3-9-16-14(18)11-17(21(2,19)20)10-8-12-4-6-13(15)7-5-12/h4-7H,3,8-11H2,1-2H3,(H,16,18). The highest BCUT2D eigenvalue weighted by Crippen LogP contribution is 2.11. The van der Waals surface area contributed by atoms with Gasteiger partial charge in [0.2, 0.25) is 15.9 Å². The lowest BCUT2D eigenvalue weighted by Crippen LogP contribution is -2.41. The minimum absolute atomic E-state index is 0.146. The van der Waals surface area contributed by atoms with Crippen LogP contribution in [0.5, 0.6) is 0 Å². The molecule has 0 saturated heterocycles. The summed E-state index contributed by atoms with van der Waals surface area (Å²) in [4.78, 5) is 11.7. The van der Waals surface area contributed by atoms with Crippen LogP contribution in [0, 0.1) is 0 Å². The van der Waals surface area contributed by atoms with E-state index < -0.39 is 10.0 Å². The Labute approximate surface area is 131 Å². The van der Waals surface area contributed by atoms with E-state index in [2.05, 4.69) is 5.32 Å². The Kier molecular flexibility index (Phi) is 7.14. The molecule has 1 aromatic rings. The molecule has 0 aromatic heterocycles. The van der Waals surface area contributed by atoms with E-state index in [-0.39, 0.29) is 19.0 Å². The van der Waals surface area contributed by atoms with Crippen LogP contribution in [0.1, 0.15) is 18.9 Å². The number of halogens is 1. The molecule has 1 N–H and O–H groups in total. The molecule has 0 aliphatic carbocycles. The van der Waals surface area contributed by atoms with Gasteiger partial charge in [0.25, 0.3) is 0 Å². The van der Waals surface area contributed by atoms with E-state index in [1.807, 2.05) is 19.1 Å². The van der Waals surface area contributed by atoms with E-state index in [1.165, 1.54) is 4.31 Å². The van der Waals surface area contributed by atoms with Gasteiger partial charge >= 0.3 is 0 Å². The molecular weight excluding hydrogens is 312 g/mol. The molecule has 0 fully saturated rings. The van der Waals surface area contributed by atoms with Gasteiger partial charge in [0, 0.05) is 18.1 Å². The third kappa shape index (κ3) is 6.93. The summed E-state index contributed by atoms with van der Waals surface area (Å²) in [5, 5.41) is 3.31. The topological polar surface area (TPSA) is 66.5 Å². The molecule has 118 valence electrons. The van der Waals surface area contributed by atoms with Crippen molar-refractivity contribution in [2.45, 2.75) is 19.8 Å². The highest BCUT2D eigenvalue weighted by atomic mass is 35.5. The third-order valence-corrected chi connectivity index (χ3v) is 4.43. The van der Waals surface area contributed by atoms with Crippen LogP contribution >= 0.6 is 11.6 Å². The van der Waals surface area contributed by atoms with E-state index in [4.69, 9.17) is 11.6 Å². The zero-order chi connectivity index (χ0) is 15.9. The predicted octanol–water partition coefficient (Wildman–Crippen LogP) is 1.67. The summed E-state index contributed by atoms with van der Waals surface area (Å²) >= 11 is 5.81. The molecule has 0 bridgehead atoms. The number of nitrogens with one attached hydrogen (secondary N) is 1. The third-order valence-electron chi connectivity index (χ3n) is 2.92. The first-order chi connectivity index (χ1) is 9.82. The van der Waals surface area contributed by atoms with Gasteiger partial charge in [-0.3, -0.25) is 4.79 Å². The van der Waals surface area contributed by atoms with Gasteiger partial charge in [0.05, 0.1) is 12.8 Å². The molecule has 0 spiro atoms. The zero-order valence-corrected chi connectivity index (χ0v) is 13.9. The first-order valence-corrected chi connectivity index (χ1v) is 9.02. The molecular formula is C14H21ClN2O3S. The number of carbonyl (C=O) groups is 1. The van der Waals surface area contributed by atoms with E-state index in [0.717, 1.165) is 18.2 Å². The molecule has 21 heavy (non-hydrogen) atoms. The molecule has 1 amide bonds. The molecule has 0 heterocycles. The molecule has 0 radical (unpaired) electrons. The van der Waals surface area contributed by atoms with Crippen LogP contribution in [0.2, 0.25) is 5.02 Å². The second kappa shape index (κ2) is 8.36. The minimum Gasteiger partial charge on any atom is -0.355 e. The molecule has 0 aliphatic heterocycles. The van der Waals surface area contributed by atoms with Crippen molar-refractivity contribution >= 4 is 27.5 Å². The van der Waals surface area contributed by atoms with Crippen molar-refractivity contribution < 1.29 is 13.2 Å². The number of rotatable bonds is 8. The Hall–Kier alpha value is -1.11. The predicted molar refractivity (Wildman–Crippen MR) is 84.9 cm³/mol. The Balaban J connectivity index is 2.62. The van der Waals surface area contributed by atoms with Crippen molar-refractivity contribution in [2.75, 3.05) is 25.9 Å². The number of hydrogen-bond acceptors (Lipinski definition) is 3. The van der Waals surface area contributed by atoms with Gasteiger partial charge in [-0.2, -0.15) is 4.31 Å². The average molecular weight is 333 g/mol. The van der Waals surface area contributed by atoms with Crippen LogP contribution in [0.3, 0.4) is 0 Å². The summed E-state index contributed by atoms with van der Waals surface area (Å²) in [6.07, 6.45) is 2.46. The normalized spacial score (nSPS) is 11.6. The number of nitrogens with zero attached hydrogens (tertiary/aromatic N) is 1. The first-order valence-electron chi connectivity index (χ1n) is 6.79. The second-order valence-electron chi connectivity index (χ2n) is 4.82. The van der Waals surface area contributed by atoms with Gasteiger partial charge in [0.1, 0.15) is 0 Å². The van der Waals surface area contributed by atoms with Crippen molar-refractivity contribution in [2.24, 2.45) is 0 Å². The quantitative estimate of drug-likeness (QED) is 0.787. The maximum Gasteiger partial charge on any atom is 0.235 e. The monoisotopic (exact) mass is 332 g/mol. The highest BCUT2D eigenvalue weighted by molar-refractivity contribution is 7.88. The number of amides is 1. The Morgan fingerprint density at radius 3 is 2.43 bits per heavy atom. The number of sulfonamides is 1. The summed E-state index contributed by atoms with van der Waals surface area (Å²) in [5.74, 6) is -0.279. The fraction of sp³-hybridized carbons (Fsp3) is 0.500. The van der Waals surface area contributed by atoms with Crippen molar-refractivity contribution in [1.82, 2.24) is 9.62 Å².